The number of hydrogen-bond acceptors (Lipinski definition) is 10. The fourth-order valence-electron chi connectivity index (χ4n) is 6.68. The van der Waals surface area contributed by atoms with Crippen LogP contribution in [0.2, 0.25) is 0 Å². The number of aliphatic hydroxyl groups is 3. The van der Waals surface area contributed by atoms with Crippen molar-refractivity contribution >= 4 is 11.8 Å². The van der Waals surface area contributed by atoms with Gasteiger partial charge in [0, 0.05) is 36.3 Å². The SMILES string of the molecule is CCC1OC(=O)CC(O)C(C)C(OC2(C)OC(C)CC(N(C)C)C2O)C(CO)CC(C)C(=O)/C=C/C2(C)OC2C1C. The van der Waals surface area contributed by atoms with E-state index >= 15 is 0 Å². The monoisotopic (exact) mass is 583 g/mol. The molecule has 0 bridgehead atoms. The van der Waals surface area contributed by atoms with Crippen LogP contribution in [0.4, 0.5) is 0 Å². The average molecular weight is 584 g/mol. The molecular formula is C31H53NO9. The zero-order chi connectivity index (χ0) is 30.9. The fourth-order valence-corrected chi connectivity index (χ4v) is 6.68. The second-order valence-electron chi connectivity index (χ2n) is 13.2. The minimum absolute atomic E-state index is 0.106. The van der Waals surface area contributed by atoms with Crippen molar-refractivity contribution in [1.29, 1.82) is 0 Å². The number of aliphatic hydroxyl groups excluding tert-OH is 3. The first kappa shape index (κ1) is 34.1. The lowest BCUT2D eigenvalue weighted by atomic mass is 9.81. The van der Waals surface area contributed by atoms with Gasteiger partial charge in [-0.3, -0.25) is 9.59 Å². The van der Waals surface area contributed by atoms with E-state index in [1.807, 2.05) is 46.7 Å². The van der Waals surface area contributed by atoms with Gasteiger partial charge in [-0.25, -0.2) is 0 Å². The number of allylic oxidation sites excluding steroid dienone is 1. The van der Waals surface area contributed by atoms with Crippen LogP contribution in [0.15, 0.2) is 12.2 Å². The van der Waals surface area contributed by atoms with Crippen molar-refractivity contribution in [3.8, 4) is 0 Å². The van der Waals surface area contributed by atoms with Gasteiger partial charge in [-0.05, 0) is 66.3 Å². The third kappa shape index (κ3) is 7.77. The molecule has 0 radical (unpaired) electrons. The van der Waals surface area contributed by atoms with Crippen molar-refractivity contribution in [2.45, 2.75) is 128 Å². The molecule has 236 valence electrons. The van der Waals surface area contributed by atoms with Crippen molar-refractivity contribution in [2.24, 2.45) is 23.7 Å². The fraction of sp³-hybridized carbons (Fsp3) is 0.871. The first-order chi connectivity index (χ1) is 19.1. The number of rotatable bonds is 5. The molecule has 2 saturated heterocycles. The van der Waals surface area contributed by atoms with Crippen molar-refractivity contribution in [2.75, 3.05) is 20.7 Å². The van der Waals surface area contributed by atoms with Gasteiger partial charge in [0.15, 0.2) is 11.6 Å². The number of carbonyl (C=O) groups excluding carboxylic acids is 2. The Balaban J connectivity index is 1.97. The van der Waals surface area contributed by atoms with Crippen LogP contribution in [-0.4, -0.2) is 107 Å². The highest BCUT2D eigenvalue weighted by molar-refractivity contribution is 5.91. The van der Waals surface area contributed by atoms with Gasteiger partial charge < -0.3 is 39.2 Å². The lowest BCUT2D eigenvalue weighted by Gasteiger charge is -2.50. The Kier molecular flexibility index (Phi) is 11.2. The van der Waals surface area contributed by atoms with Gasteiger partial charge in [0.2, 0.25) is 0 Å². The molecule has 3 heterocycles. The van der Waals surface area contributed by atoms with Gasteiger partial charge in [0.25, 0.3) is 0 Å². The maximum Gasteiger partial charge on any atom is 0.308 e. The van der Waals surface area contributed by atoms with Gasteiger partial charge in [-0.15, -0.1) is 0 Å². The summed E-state index contributed by atoms with van der Waals surface area (Å²) in [5.41, 5.74) is -0.634. The summed E-state index contributed by atoms with van der Waals surface area (Å²) in [7, 11) is 3.77. The molecule has 0 aliphatic carbocycles. The Hall–Kier alpha value is -1.40. The summed E-state index contributed by atoms with van der Waals surface area (Å²) in [6, 6.07) is -0.244. The minimum atomic E-state index is -1.46. The second kappa shape index (κ2) is 13.5. The number of nitrogens with zero attached hydrogens (tertiary/aromatic N) is 1. The minimum Gasteiger partial charge on any atom is -0.462 e. The quantitative estimate of drug-likeness (QED) is 0.327. The summed E-state index contributed by atoms with van der Waals surface area (Å²) >= 11 is 0. The van der Waals surface area contributed by atoms with Crippen molar-refractivity contribution in [1.82, 2.24) is 4.90 Å². The molecule has 0 aromatic rings. The Morgan fingerprint density at radius 3 is 2.29 bits per heavy atom. The first-order valence-corrected chi connectivity index (χ1v) is 15.2. The Morgan fingerprint density at radius 1 is 1.05 bits per heavy atom. The number of fused-ring (bicyclic) bond motifs is 1. The molecule has 0 amide bonds. The summed E-state index contributed by atoms with van der Waals surface area (Å²) in [5.74, 6) is -3.93. The van der Waals surface area contributed by atoms with Gasteiger partial charge in [-0.2, -0.15) is 0 Å². The zero-order valence-corrected chi connectivity index (χ0v) is 26.3. The summed E-state index contributed by atoms with van der Waals surface area (Å²) in [6.45, 7) is 12.6. The van der Waals surface area contributed by atoms with Crippen molar-refractivity contribution < 1.29 is 43.9 Å². The predicted octanol–water partition coefficient (Wildman–Crippen LogP) is 2.46. The van der Waals surface area contributed by atoms with E-state index in [9.17, 15) is 24.9 Å². The predicted molar refractivity (Wildman–Crippen MR) is 153 cm³/mol. The molecule has 0 saturated carbocycles. The normalized spacial score (nSPS) is 47.5. The first-order valence-electron chi connectivity index (χ1n) is 15.2. The molecule has 10 nitrogen and oxygen atoms in total. The summed E-state index contributed by atoms with van der Waals surface area (Å²) < 4.78 is 24.5. The molecule has 3 aliphatic rings. The molecule has 3 N–H and O–H groups in total. The molecule has 41 heavy (non-hydrogen) atoms. The molecule has 0 aromatic heterocycles. The van der Waals surface area contributed by atoms with E-state index in [1.165, 1.54) is 6.08 Å². The average Bonchev–Trinajstić information content (AvgIpc) is 3.59. The van der Waals surface area contributed by atoms with Crippen molar-refractivity contribution in [3.63, 3.8) is 0 Å². The van der Waals surface area contributed by atoms with Crippen LogP contribution in [0, 0.1) is 23.7 Å². The molecule has 2 fully saturated rings. The smallest absolute Gasteiger partial charge is 0.308 e. The summed E-state index contributed by atoms with van der Waals surface area (Å²) in [4.78, 5) is 28.1. The van der Waals surface area contributed by atoms with Crippen LogP contribution in [0.3, 0.4) is 0 Å². The van der Waals surface area contributed by atoms with Crippen LogP contribution in [0.5, 0.6) is 0 Å². The van der Waals surface area contributed by atoms with Crippen LogP contribution in [-0.2, 0) is 28.5 Å². The lowest BCUT2D eigenvalue weighted by molar-refractivity contribution is -0.347. The molecular weight excluding hydrogens is 530 g/mol. The largest absolute Gasteiger partial charge is 0.462 e. The Bertz CT molecular complexity index is 943. The lowest BCUT2D eigenvalue weighted by Crippen LogP contribution is -2.63. The molecule has 0 spiro atoms. The highest BCUT2D eigenvalue weighted by Gasteiger charge is 2.55. The van der Waals surface area contributed by atoms with E-state index in [1.54, 1.807) is 26.8 Å². The van der Waals surface area contributed by atoms with E-state index < -0.39 is 59.5 Å². The van der Waals surface area contributed by atoms with E-state index in [2.05, 4.69) is 0 Å². The number of esters is 1. The maximum atomic E-state index is 13.2. The number of hydrogen-bond donors (Lipinski definition) is 3. The van der Waals surface area contributed by atoms with E-state index in [4.69, 9.17) is 18.9 Å². The number of epoxide rings is 1. The number of cyclic esters (lactones) is 1. The van der Waals surface area contributed by atoms with Crippen LogP contribution in [0.1, 0.15) is 74.1 Å². The summed E-state index contributed by atoms with van der Waals surface area (Å²) in [5, 5.41) is 33.2. The van der Waals surface area contributed by atoms with E-state index in [-0.39, 0.29) is 49.4 Å². The molecule has 0 aromatic carbocycles. The van der Waals surface area contributed by atoms with Gasteiger partial charge in [0.05, 0.1) is 30.8 Å². The Morgan fingerprint density at radius 2 is 1.71 bits per heavy atom. The van der Waals surface area contributed by atoms with Crippen LogP contribution in [0.25, 0.3) is 0 Å². The molecule has 3 aliphatic heterocycles. The number of ether oxygens (including phenoxy) is 4. The highest BCUT2D eigenvalue weighted by Crippen LogP contribution is 2.45. The Labute approximate surface area is 245 Å². The van der Waals surface area contributed by atoms with E-state index in [0.29, 0.717) is 12.8 Å². The topological polar surface area (TPSA) is 138 Å². The third-order valence-corrected chi connectivity index (χ3v) is 9.50. The number of carbonyl (C=O) groups is 2. The third-order valence-electron chi connectivity index (χ3n) is 9.50. The maximum absolute atomic E-state index is 13.2. The van der Waals surface area contributed by atoms with Crippen LogP contribution >= 0.6 is 0 Å². The van der Waals surface area contributed by atoms with Crippen LogP contribution < -0.4 is 0 Å². The molecule has 13 unspecified atom stereocenters. The van der Waals surface area contributed by atoms with Gasteiger partial charge >= 0.3 is 5.97 Å². The standard InChI is InChI=1S/C31H53NO9/c1-10-25-20(5)29-30(6,41-29)12-11-23(34)17(2)13-21(16-33)27(19(4)24(35)15-26(36)38-25)40-31(7)28(37)22(32(8)9)14-18(3)39-31/h11-12,17-22,24-25,27-29,33,35,37H,10,13-16H2,1-9H3/b12-11+. The number of likely N-dealkylation sites (N-methyl/N-ethyl adjacent to an activating group) is 1. The second-order valence-corrected chi connectivity index (χ2v) is 13.2. The van der Waals surface area contributed by atoms with Crippen molar-refractivity contribution in [3.05, 3.63) is 12.2 Å². The number of ketones is 1. The van der Waals surface area contributed by atoms with Gasteiger partial charge in [0.1, 0.15) is 17.8 Å². The molecule has 10 heteroatoms. The van der Waals surface area contributed by atoms with Gasteiger partial charge in [-0.1, -0.05) is 27.7 Å². The molecule has 3 rings (SSSR count). The zero-order valence-electron chi connectivity index (χ0n) is 26.3. The van der Waals surface area contributed by atoms with E-state index in [0.717, 1.165) is 0 Å². The molecule has 13 atom stereocenters. The highest BCUT2D eigenvalue weighted by atomic mass is 16.7. The summed E-state index contributed by atoms with van der Waals surface area (Å²) in [6.07, 6.45) is 0.608.